The molecule has 64 valence electrons. The normalized spacial score (nSPS) is 10.8. The highest BCUT2D eigenvalue weighted by molar-refractivity contribution is 7.12. The van der Waals surface area contributed by atoms with Gasteiger partial charge in [0.25, 0.3) is 0 Å². The number of carbonyl (C=O) groups is 1. The first-order chi connectivity index (χ1) is 5.75. The lowest BCUT2D eigenvalue weighted by atomic mass is 10.2. The van der Waals surface area contributed by atoms with Crippen molar-refractivity contribution in [1.82, 2.24) is 0 Å². The summed E-state index contributed by atoms with van der Waals surface area (Å²) in [6.07, 6.45) is 3.38. The van der Waals surface area contributed by atoms with Gasteiger partial charge in [0.1, 0.15) is 0 Å². The van der Waals surface area contributed by atoms with E-state index < -0.39 is 0 Å². The summed E-state index contributed by atoms with van der Waals surface area (Å²) in [5.41, 5.74) is 0.890. The second-order valence-corrected chi connectivity index (χ2v) is 3.26. The molecular weight excluding hydrogens is 172 g/mol. The van der Waals surface area contributed by atoms with Crippen molar-refractivity contribution in [1.29, 1.82) is 0 Å². The lowest BCUT2D eigenvalue weighted by Gasteiger charge is -1.91. The quantitative estimate of drug-likeness (QED) is 0.725. The molecule has 0 aliphatic heterocycles. The minimum Gasteiger partial charge on any atom is -0.392 e. The molecule has 3 heteroatoms. The number of aliphatic hydroxyl groups excluding tert-OH is 1. The average molecular weight is 182 g/mol. The monoisotopic (exact) mass is 182 g/mol. The van der Waals surface area contributed by atoms with Crippen molar-refractivity contribution in [3.63, 3.8) is 0 Å². The number of Topliss-reactive ketones (excluding diaryl/α,β-unsaturated/α-hetero) is 1. The fraction of sp³-hybridized carbons (Fsp3) is 0.222. The molecule has 0 bridgehead atoms. The Morgan fingerprint density at radius 2 is 2.50 bits per heavy atom. The summed E-state index contributed by atoms with van der Waals surface area (Å²) in [6, 6.07) is 1.87. The van der Waals surface area contributed by atoms with Crippen LogP contribution in [0.1, 0.15) is 22.2 Å². The van der Waals surface area contributed by atoms with E-state index in [-0.39, 0.29) is 12.4 Å². The maximum absolute atomic E-state index is 11.0. The molecule has 0 aliphatic rings. The van der Waals surface area contributed by atoms with E-state index in [9.17, 15) is 4.79 Å². The highest BCUT2D eigenvalue weighted by atomic mass is 32.1. The van der Waals surface area contributed by atoms with Crippen LogP contribution in [0.25, 0.3) is 6.08 Å². The summed E-state index contributed by atoms with van der Waals surface area (Å²) in [4.78, 5) is 11.8. The summed E-state index contributed by atoms with van der Waals surface area (Å²) >= 11 is 1.43. The minimum atomic E-state index is 0.00713. The van der Waals surface area contributed by atoms with Gasteiger partial charge in [0, 0.05) is 0 Å². The van der Waals surface area contributed by atoms with Gasteiger partial charge in [-0.3, -0.25) is 4.79 Å². The van der Waals surface area contributed by atoms with Crippen LogP contribution < -0.4 is 0 Å². The van der Waals surface area contributed by atoms with E-state index in [1.54, 1.807) is 19.1 Å². The third-order valence-electron chi connectivity index (χ3n) is 1.42. The molecule has 0 unspecified atom stereocenters. The van der Waals surface area contributed by atoms with Crippen LogP contribution in [0.15, 0.2) is 17.5 Å². The number of thiophene rings is 1. The first-order valence-corrected chi connectivity index (χ1v) is 4.49. The van der Waals surface area contributed by atoms with Gasteiger partial charge < -0.3 is 5.11 Å². The summed E-state index contributed by atoms with van der Waals surface area (Å²) < 4.78 is 0. The molecule has 1 aromatic rings. The molecule has 0 aromatic carbocycles. The molecule has 1 aromatic heterocycles. The molecule has 0 radical (unpaired) electrons. The van der Waals surface area contributed by atoms with E-state index >= 15 is 0 Å². The Morgan fingerprint density at radius 3 is 3.08 bits per heavy atom. The lowest BCUT2D eigenvalue weighted by molar-refractivity contribution is 0.102. The molecule has 0 spiro atoms. The van der Waals surface area contributed by atoms with Crippen LogP contribution in [0.5, 0.6) is 0 Å². The van der Waals surface area contributed by atoms with E-state index in [4.69, 9.17) is 5.11 Å². The summed E-state index contributed by atoms with van der Waals surface area (Å²) in [5, 5.41) is 10.4. The molecule has 1 rings (SSSR count). The largest absolute Gasteiger partial charge is 0.392 e. The fourth-order valence-electron chi connectivity index (χ4n) is 0.916. The third-order valence-corrected chi connectivity index (χ3v) is 2.45. The molecule has 0 saturated carbocycles. The maximum atomic E-state index is 11.0. The first-order valence-electron chi connectivity index (χ1n) is 3.61. The lowest BCUT2D eigenvalue weighted by Crippen LogP contribution is -1.89. The van der Waals surface area contributed by atoms with Crippen molar-refractivity contribution in [2.75, 3.05) is 6.61 Å². The Bertz CT molecular complexity index is 299. The zero-order chi connectivity index (χ0) is 8.97. The van der Waals surface area contributed by atoms with Crippen LogP contribution in [-0.2, 0) is 0 Å². The van der Waals surface area contributed by atoms with Crippen molar-refractivity contribution < 1.29 is 9.90 Å². The third kappa shape index (κ3) is 2.03. The molecule has 12 heavy (non-hydrogen) atoms. The number of hydrogen-bond acceptors (Lipinski definition) is 3. The topological polar surface area (TPSA) is 37.3 Å². The van der Waals surface area contributed by atoms with E-state index in [1.165, 1.54) is 11.3 Å². The average Bonchev–Trinajstić information content (AvgIpc) is 2.48. The SMILES string of the molecule is CC(=O)c1sccc1C=CCO. The van der Waals surface area contributed by atoms with Crippen molar-refractivity contribution in [2.45, 2.75) is 6.92 Å². The predicted molar refractivity (Wildman–Crippen MR) is 50.4 cm³/mol. The van der Waals surface area contributed by atoms with Gasteiger partial charge in [-0.15, -0.1) is 11.3 Å². The zero-order valence-electron chi connectivity index (χ0n) is 6.78. The van der Waals surface area contributed by atoms with Crippen LogP contribution in [0.3, 0.4) is 0 Å². The van der Waals surface area contributed by atoms with Gasteiger partial charge in [-0.1, -0.05) is 12.2 Å². The molecule has 0 amide bonds. The second-order valence-electron chi connectivity index (χ2n) is 2.35. The second kappa shape index (κ2) is 4.18. The first kappa shape index (κ1) is 9.16. The Morgan fingerprint density at radius 1 is 1.75 bits per heavy atom. The van der Waals surface area contributed by atoms with Gasteiger partial charge in [0.05, 0.1) is 11.5 Å². The van der Waals surface area contributed by atoms with Crippen molar-refractivity contribution in [3.8, 4) is 0 Å². The molecule has 0 fully saturated rings. The smallest absolute Gasteiger partial charge is 0.170 e. The molecule has 2 nitrogen and oxygen atoms in total. The summed E-state index contributed by atoms with van der Waals surface area (Å²) in [6.45, 7) is 1.55. The highest BCUT2D eigenvalue weighted by Gasteiger charge is 2.04. The Hall–Kier alpha value is -0.930. The highest BCUT2D eigenvalue weighted by Crippen LogP contribution is 2.18. The molecule has 0 saturated heterocycles. The van der Waals surface area contributed by atoms with Gasteiger partial charge in [-0.25, -0.2) is 0 Å². The summed E-state index contributed by atoms with van der Waals surface area (Å²) in [5.74, 6) is 0.0718. The fourth-order valence-corrected chi connectivity index (χ4v) is 1.71. The van der Waals surface area contributed by atoms with Crippen LogP contribution >= 0.6 is 11.3 Å². The molecule has 1 heterocycles. The molecule has 0 atom stereocenters. The van der Waals surface area contributed by atoms with Gasteiger partial charge in [0.15, 0.2) is 5.78 Å². The van der Waals surface area contributed by atoms with E-state index in [2.05, 4.69) is 0 Å². The van der Waals surface area contributed by atoms with Crippen molar-refractivity contribution in [2.24, 2.45) is 0 Å². The van der Waals surface area contributed by atoms with E-state index in [0.29, 0.717) is 0 Å². The van der Waals surface area contributed by atoms with Crippen molar-refractivity contribution in [3.05, 3.63) is 28.0 Å². The van der Waals surface area contributed by atoms with E-state index in [0.717, 1.165) is 10.4 Å². The zero-order valence-corrected chi connectivity index (χ0v) is 7.60. The van der Waals surface area contributed by atoms with Crippen LogP contribution in [0.2, 0.25) is 0 Å². The predicted octanol–water partition coefficient (Wildman–Crippen LogP) is 1.96. The Labute approximate surface area is 75.2 Å². The Kier molecular flexibility index (Phi) is 3.19. The number of aliphatic hydroxyl groups is 1. The standard InChI is InChI=1S/C9H10O2S/c1-7(11)9-8(3-2-5-10)4-6-12-9/h2-4,6,10H,5H2,1H3. The van der Waals surface area contributed by atoms with Gasteiger partial charge in [-0.2, -0.15) is 0 Å². The van der Waals surface area contributed by atoms with Gasteiger partial charge >= 0.3 is 0 Å². The van der Waals surface area contributed by atoms with Crippen molar-refractivity contribution >= 4 is 23.2 Å². The van der Waals surface area contributed by atoms with Crippen LogP contribution in [-0.4, -0.2) is 17.5 Å². The molecule has 1 N–H and O–H groups in total. The number of hydrogen-bond donors (Lipinski definition) is 1. The van der Waals surface area contributed by atoms with Crippen LogP contribution in [0, 0.1) is 0 Å². The molecule has 0 aliphatic carbocycles. The number of carbonyl (C=O) groups excluding carboxylic acids is 1. The minimum absolute atomic E-state index is 0.00713. The molecular formula is C9H10O2S. The number of rotatable bonds is 3. The summed E-state index contributed by atoms with van der Waals surface area (Å²) in [7, 11) is 0. The maximum Gasteiger partial charge on any atom is 0.170 e. The number of ketones is 1. The Balaban J connectivity index is 2.91. The van der Waals surface area contributed by atoms with E-state index in [1.807, 2.05) is 11.4 Å². The van der Waals surface area contributed by atoms with Gasteiger partial charge in [-0.05, 0) is 23.9 Å². The van der Waals surface area contributed by atoms with Crippen LogP contribution in [0.4, 0.5) is 0 Å². The van der Waals surface area contributed by atoms with Gasteiger partial charge in [0.2, 0.25) is 0 Å².